The molecule has 0 aromatic heterocycles. The first kappa shape index (κ1) is 25.7. The number of carbonyl (C=O) groups excluding carboxylic acids is 2. The average Bonchev–Trinajstić information content (AvgIpc) is 3.26. The predicted molar refractivity (Wildman–Crippen MR) is 136 cm³/mol. The molecule has 0 spiro atoms. The monoisotopic (exact) mass is 524 g/mol. The van der Waals surface area contributed by atoms with Crippen LogP contribution in [-0.4, -0.2) is 44.8 Å². The van der Waals surface area contributed by atoms with Gasteiger partial charge >= 0.3 is 0 Å². The molecule has 1 aliphatic rings. The van der Waals surface area contributed by atoms with Gasteiger partial charge in [-0.25, -0.2) is 8.78 Å². The number of ketones is 2. The first-order chi connectivity index (χ1) is 17.5. The smallest absolute Gasteiger partial charge is 0.283 e. The number of benzene rings is 3. The second-order valence-corrected chi connectivity index (χ2v) is 10.0. The Labute approximate surface area is 212 Å². The van der Waals surface area contributed by atoms with E-state index in [-0.39, 0.29) is 27.7 Å². The number of rotatable bonds is 6. The van der Waals surface area contributed by atoms with Crippen molar-refractivity contribution in [1.29, 1.82) is 0 Å². The molecule has 0 radical (unpaired) electrons. The Bertz CT molecular complexity index is 1550. The number of fused-ring (bicyclic) bond motifs is 1. The van der Waals surface area contributed by atoms with E-state index in [1.165, 1.54) is 30.0 Å². The highest BCUT2D eigenvalue weighted by molar-refractivity contribution is 7.90. The minimum absolute atomic E-state index is 0.00407. The van der Waals surface area contributed by atoms with E-state index in [0.717, 1.165) is 18.2 Å². The Morgan fingerprint density at radius 3 is 1.95 bits per heavy atom. The number of hydrogen-bond acceptors (Lipinski definition) is 6. The number of para-hydroxylation sites is 2. The van der Waals surface area contributed by atoms with Gasteiger partial charge in [-0.15, -0.1) is 4.40 Å². The van der Waals surface area contributed by atoms with E-state index in [4.69, 9.17) is 0 Å². The van der Waals surface area contributed by atoms with Gasteiger partial charge in [-0.2, -0.15) is 8.42 Å². The van der Waals surface area contributed by atoms with Crippen LogP contribution in [0.1, 0.15) is 27.6 Å². The van der Waals surface area contributed by atoms with Gasteiger partial charge in [0, 0.05) is 31.3 Å². The molecule has 37 heavy (non-hydrogen) atoms. The number of nitrogens with one attached hydrogen (secondary N) is 2. The summed E-state index contributed by atoms with van der Waals surface area (Å²) in [6.45, 7) is 1.51. The normalized spacial score (nSPS) is 12.9. The third kappa shape index (κ3) is 5.41. The van der Waals surface area contributed by atoms with Gasteiger partial charge in [0.25, 0.3) is 10.0 Å². The first-order valence-electron chi connectivity index (χ1n) is 11.0. The van der Waals surface area contributed by atoms with Gasteiger partial charge in [0.05, 0.1) is 16.3 Å². The maximum atomic E-state index is 13.9. The van der Waals surface area contributed by atoms with Crippen LogP contribution < -0.4 is 10.6 Å². The number of nitrogens with zero attached hydrogens (tertiary/aromatic N) is 2. The maximum Gasteiger partial charge on any atom is 0.283 e. The molecule has 3 aromatic rings. The molecular weight excluding hydrogens is 502 g/mol. The van der Waals surface area contributed by atoms with Crippen LogP contribution in [0.5, 0.6) is 0 Å². The van der Waals surface area contributed by atoms with Crippen molar-refractivity contribution in [2.45, 2.75) is 11.8 Å². The van der Waals surface area contributed by atoms with E-state index in [1.54, 1.807) is 38.4 Å². The van der Waals surface area contributed by atoms with Crippen molar-refractivity contribution in [3.05, 3.63) is 101 Å². The van der Waals surface area contributed by atoms with Crippen molar-refractivity contribution in [2.75, 3.05) is 24.7 Å². The zero-order chi connectivity index (χ0) is 26.9. The zero-order valence-corrected chi connectivity index (χ0v) is 20.9. The minimum Gasteiger partial charge on any atom is -0.366 e. The minimum atomic E-state index is -4.17. The largest absolute Gasteiger partial charge is 0.366 e. The molecule has 2 N–H and O–H groups in total. The molecule has 0 fully saturated rings. The van der Waals surface area contributed by atoms with Crippen molar-refractivity contribution in [3.63, 3.8) is 0 Å². The topological polar surface area (TPSA) is 108 Å². The molecule has 0 aliphatic carbocycles. The fourth-order valence-electron chi connectivity index (χ4n) is 3.54. The summed E-state index contributed by atoms with van der Waals surface area (Å²) in [5, 5.41) is 5.88. The molecule has 0 amide bonds. The van der Waals surface area contributed by atoms with Crippen molar-refractivity contribution >= 4 is 38.8 Å². The maximum absolute atomic E-state index is 13.9. The Morgan fingerprint density at radius 1 is 0.811 bits per heavy atom. The number of anilines is 2. The first-order valence-corrected chi connectivity index (χ1v) is 12.4. The van der Waals surface area contributed by atoms with Gasteiger partial charge in [0.15, 0.2) is 0 Å². The highest BCUT2D eigenvalue weighted by Crippen LogP contribution is 2.33. The highest BCUT2D eigenvalue weighted by atomic mass is 32.2. The summed E-state index contributed by atoms with van der Waals surface area (Å²) in [6, 6.07) is 14.2. The summed E-state index contributed by atoms with van der Waals surface area (Å²) in [5.74, 6) is -3.57. The molecule has 0 unspecified atom stereocenters. The van der Waals surface area contributed by atoms with E-state index < -0.39 is 38.8 Å². The van der Waals surface area contributed by atoms with Gasteiger partial charge in [-0.1, -0.05) is 24.3 Å². The lowest BCUT2D eigenvalue weighted by molar-refractivity contribution is 0.0960. The number of halogens is 2. The van der Waals surface area contributed by atoms with E-state index >= 15 is 0 Å². The summed E-state index contributed by atoms with van der Waals surface area (Å²) < 4.78 is 57.2. The van der Waals surface area contributed by atoms with E-state index in [9.17, 15) is 26.8 Å². The lowest BCUT2D eigenvalue weighted by atomic mass is 9.95. The number of allylic oxidation sites excluding steroid dienone is 1. The molecule has 1 heterocycles. The molecule has 3 aromatic carbocycles. The number of Topliss-reactive ketones (excluding diaryl/α,β-unsaturated/α-hetero) is 2. The third-order valence-electron chi connectivity index (χ3n) is 5.57. The Balaban J connectivity index is 1.83. The van der Waals surface area contributed by atoms with Crippen LogP contribution in [0.2, 0.25) is 0 Å². The molecule has 1 aliphatic heterocycles. The Hall–Kier alpha value is -4.38. The Morgan fingerprint density at radius 2 is 1.38 bits per heavy atom. The van der Waals surface area contributed by atoms with Crippen molar-refractivity contribution in [2.24, 2.45) is 4.40 Å². The fourth-order valence-corrected chi connectivity index (χ4v) is 4.68. The molecule has 0 bridgehead atoms. The van der Waals surface area contributed by atoms with Gasteiger partial charge in [-0.05, 0) is 43.3 Å². The summed E-state index contributed by atoms with van der Waals surface area (Å²) in [7, 11) is -0.906. The average molecular weight is 525 g/mol. The van der Waals surface area contributed by atoms with Gasteiger partial charge in [-0.3, -0.25) is 9.59 Å². The molecule has 4 rings (SSSR count). The lowest BCUT2D eigenvalue weighted by Gasteiger charge is -2.13. The molecule has 190 valence electrons. The quantitative estimate of drug-likeness (QED) is 0.123. The van der Waals surface area contributed by atoms with Crippen LogP contribution in [0, 0.1) is 11.6 Å². The predicted octanol–water partition coefficient (Wildman–Crippen LogP) is 4.45. The fraction of sp³-hybridized carbons (Fsp3) is 0.115. The SMILES string of the molecule is CC(=NS(=O)(=O)c1cccc(C(=O)C(C(=O)c2cc(F)cc(F)c2)=C2Nc3ccccc3N2)c1)N(C)C. The summed E-state index contributed by atoms with van der Waals surface area (Å²) in [4.78, 5) is 28.4. The van der Waals surface area contributed by atoms with E-state index in [0.29, 0.717) is 17.4 Å². The van der Waals surface area contributed by atoms with Gasteiger partial charge in [0.2, 0.25) is 11.6 Å². The molecular formula is C26H22F2N4O4S. The standard InChI is InChI=1S/C26H22F2N4O4S/c1-15(32(2)3)31-37(35,36)20-8-6-7-16(13-20)24(33)23(25(34)17-11-18(27)14-19(28)12-17)26-29-21-9-4-5-10-22(21)30-26/h4-14,29-30H,1-3H3. The van der Waals surface area contributed by atoms with Crippen LogP contribution in [-0.2, 0) is 10.0 Å². The summed E-state index contributed by atoms with van der Waals surface area (Å²) >= 11 is 0. The second kappa shape index (κ2) is 9.94. The molecule has 0 saturated carbocycles. The molecule has 8 nitrogen and oxygen atoms in total. The van der Waals surface area contributed by atoms with Crippen molar-refractivity contribution in [3.8, 4) is 0 Å². The van der Waals surface area contributed by atoms with Crippen LogP contribution in [0.3, 0.4) is 0 Å². The van der Waals surface area contributed by atoms with Crippen LogP contribution in [0.4, 0.5) is 20.2 Å². The van der Waals surface area contributed by atoms with E-state index in [2.05, 4.69) is 15.0 Å². The van der Waals surface area contributed by atoms with Gasteiger partial charge < -0.3 is 15.5 Å². The van der Waals surface area contributed by atoms with Crippen LogP contribution >= 0.6 is 0 Å². The van der Waals surface area contributed by atoms with Crippen molar-refractivity contribution in [1.82, 2.24) is 4.90 Å². The molecule has 0 saturated heterocycles. The number of carbonyl (C=O) groups is 2. The number of amidine groups is 1. The zero-order valence-electron chi connectivity index (χ0n) is 20.0. The van der Waals surface area contributed by atoms with Crippen LogP contribution in [0.25, 0.3) is 0 Å². The summed E-state index contributed by atoms with van der Waals surface area (Å²) in [5.41, 5.74) is 0.175. The Kier molecular flexibility index (Phi) is 6.90. The third-order valence-corrected chi connectivity index (χ3v) is 6.92. The van der Waals surface area contributed by atoms with Gasteiger partial charge in [0.1, 0.15) is 28.9 Å². The van der Waals surface area contributed by atoms with Crippen LogP contribution in [0.15, 0.2) is 87.4 Å². The second-order valence-electron chi connectivity index (χ2n) is 8.40. The highest BCUT2D eigenvalue weighted by Gasteiger charge is 2.30. The lowest BCUT2D eigenvalue weighted by Crippen LogP contribution is -2.21. The number of hydrogen-bond donors (Lipinski definition) is 2. The van der Waals surface area contributed by atoms with E-state index in [1.807, 2.05) is 0 Å². The molecule has 0 atom stereocenters. The summed E-state index contributed by atoms with van der Waals surface area (Å²) in [6.07, 6.45) is 0. The molecule has 11 heteroatoms. The van der Waals surface area contributed by atoms with Crippen molar-refractivity contribution < 1.29 is 26.8 Å². The number of sulfonamides is 1.